The first-order valence-corrected chi connectivity index (χ1v) is 7.20. The highest BCUT2D eigenvalue weighted by Gasteiger charge is 2.57. The lowest BCUT2D eigenvalue weighted by atomic mass is 9.77. The zero-order valence-electron chi connectivity index (χ0n) is 12.5. The smallest absolute Gasteiger partial charge is 0.272 e. The second-order valence-electron chi connectivity index (χ2n) is 6.25. The van der Waals surface area contributed by atoms with Crippen LogP contribution in [0.1, 0.15) is 23.3 Å². The molecule has 1 spiro atoms. The largest absolute Gasteiger partial charge is 0.345 e. The first kappa shape index (κ1) is 15.6. The van der Waals surface area contributed by atoms with E-state index in [1.54, 1.807) is 7.05 Å². The molecule has 23 heavy (non-hydrogen) atoms. The van der Waals surface area contributed by atoms with Crippen molar-refractivity contribution in [1.82, 2.24) is 19.8 Å². The summed E-state index contributed by atoms with van der Waals surface area (Å²) in [6.45, 7) is -0.474. The minimum Gasteiger partial charge on any atom is -0.345 e. The topological polar surface area (TPSA) is 86.4 Å². The number of carbonyl (C=O) groups excluding carboxylic acids is 2. The number of piperidine rings is 1. The van der Waals surface area contributed by atoms with Crippen molar-refractivity contribution in [1.29, 1.82) is 0 Å². The molecule has 0 unspecified atom stereocenters. The lowest BCUT2D eigenvalue weighted by Crippen LogP contribution is -2.57. The number of carbonyl (C=O) groups is 2. The van der Waals surface area contributed by atoms with Crippen LogP contribution in [-0.2, 0) is 4.79 Å². The molecular formula is C14H16F2N4O3. The fourth-order valence-corrected chi connectivity index (χ4v) is 3.40. The van der Waals surface area contributed by atoms with Gasteiger partial charge in [-0.2, -0.15) is 0 Å². The van der Waals surface area contributed by atoms with E-state index in [1.807, 2.05) is 0 Å². The predicted molar refractivity (Wildman–Crippen MR) is 75.0 cm³/mol. The van der Waals surface area contributed by atoms with Gasteiger partial charge in [-0.1, -0.05) is 0 Å². The van der Waals surface area contributed by atoms with Gasteiger partial charge in [-0.15, -0.1) is 0 Å². The van der Waals surface area contributed by atoms with E-state index in [0.29, 0.717) is 6.54 Å². The van der Waals surface area contributed by atoms with Crippen LogP contribution in [0.5, 0.6) is 0 Å². The molecule has 0 saturated carbocycles. The van der Waals surface area contributed by atoms with Gasteiger partial charge in [-0.25, -0.2) is 13.8 Å². The highest BCUT2D eigenvalue weighted by molar-refractivity contribution is 5.93. The Hall–Kier alpha value is -2.32. The molecule has 0 aliphatic carbocycles. The third-order valence-electron chi connectivity index (χ3n) is 4.42. The second kappa shape index (κ2) is 5.10. The number of H-pyrrole nitrogens is 1. The van der Waals surface area contributed by atoms with Crippen molar-refractivity contribution in [3.05, 3.63) is 28.4 Å². The number of nitrogens with zero attached hydrogens (tertiary/aromatic N) is 3. The molecule has 2 fully saturated rings. The van der Waals surface area contributed by atoms with Crippen LogP contribution in [0.15, 0.2) is 17.2 Å². The Balaban J connectivity index is 1.92. The Morgan fingerprint density at radius 1 is 1.35 bits per heavy atom. The number of amides is 2. The van der Waals surface area contributed by atoms with Crippen LogP contribution < -0.4 is 5.56 Å². The average molecular weight is 326 g/mol. The van der Waals surface area contributed by atoms with Crippen LogP contribution in [0.25, 0.3) is 0 Å². The van der Waals surface area contributed by atoms with Gasteiger partial charge in [0.25, 0.3) is 17.4 Å². The summed E-state index contributed by atoms with van der Waals surface area (Å²) in [5, 5.41) is 0. The average Bonchev–Trinajstić information content (AvgIpc) is 2.73. The Labute approximate surface area is 130 Å². The Bertz CT molecular complexity index is 720. The minimum atomic E-state index is -3.16. The van der Waals surface area contributed by atoms with Gasteiger partial charge in [0.2, 0.25) is 5.91 Å². The van der Waals surface area contributed by atoms with Crippen molar-refractivity contribution in [2.45, 2.75) is 18.8 Å². The summed E-state index contributed by atoms with van der Waals surface area (Å²) >= 11 is 0. The molecule has 1 N–H and O–H groups in total. The maximum absolute atomic E-state index is 14.2. The summed E-state index contributed by atoms with van der Waals surface area (Å²) in [5.41, 5.74) is -2.01. The number of halogens is 2. The van der Waals surface area contributed by atoms with Crippen LogP contribution in [0.4, 0.5) is 8.78 Å². The van der Waals surface area contributed by atoms with E-state index in [0.717, 1.165) is 17.3 Å². The third kappa shape index (κ3) is 2.71. The van der Waals surface area contributed by atoms with Gasteiger partial charge in [0.05, 0.1) is 18.3 Å². The maximum atomic E-state index is 14.2. The molecule has 1 aromatic rings. The fourth-order valence-electron chi connectivity index (χ4n) is 3.40. The molecule has 1 aromatic heterocycles. The van der Waals surface area contributed by atoms with Gasteiger partial charge in [-0.05, 0) is 6.42 Å². The maximum Gasteiger partial charge on any atom is 0.272 e. The molecule has 0 radical (unpaired) electrons. The Morgan fingerprint density at radius 2 is 2.09 bits per heavy atom. The molecule has 9 heteroatoms. The van der Waals surface area contributed by atoms with Gasteiger partial charge < -0.3 is 14.8 Å². The van der Waals surface area contributed by atoms with E-state index in [2.05, 4.69) is 9.97 Å². The first-order chi connectivity index (χ1) is 10.7. The molecule has 3 heterocycles. The van der Waals surface area contributed by atoms with Gasteiger partial charge >= 0.3 is 0 Å². The van der Waals surface area contributed by atoms with Crippen LogP contribution >= 0.6 is 0 Å². The number of alkyl halides is 2. The molecule has 124 valence electrons. The van der Waals surface area contributed by atoms with Gasteiger partial charge in [0, 0.05) is 32.6 Å². The molecule has 1 atom stereocenters. The van der Waals surface area contributed by atoms with E-state index in [1.165, 1.54) is 4.90 Å². The van der Waals surface area contributed by atoms with Crippen LogP contribution in [0, 0.1) is 5.41 Å². The highest BCUT2D eigenvalue weighted by Crippen LogP contribution is 2.45. The monoisotopic (exact) mass is 326 g/mol. The van der Waals surface area contributed by atoms with Crippen LogP contribution in [0.2, 0.25) is 0 Å². The molecule has 2 aliphatic heterocycles. The predicted octanol–water partition coefficient (Wildman–Crippen LogP) is 0.0996. The molecular weight excluding hydrogens is 310 g/mol. The molecule has 0 bridgehead atoms. The summed E-state index contributed by atoms with van der Waals surface area (Å²) in [6.07, 6.45) is 0.766. The summed E-state index contributed by atoms with van der Waals surface area (Å²) in [4.78, 5) is 44.3. The summed E-state index contributed by atoms with van der Waals surface area (Å²) < 4.78 is 28.3. The van der Waals surface area contributed by atoms with Gasteiger partial charge in [0.1, 0.15) is 5.69 Å². The standard InChI is InChI=1S/C14H16F2N4O3/c1-19-3-2-13(12(19)23)5-14(15,16)7-20(6-13)11(22)9-4-10(21)18-8-17-9/h4,8H,2-3,5-7H2,1H3,(H,17,18,21)/t13-/m0/s1. The molecule has 2 aliphatic rings. The summed E-state index contributed by atoms with van der Waals surface area (Å²) in [7, 11) is 1.56. The number of aromatic amines is 1. The van der Waals surface area contributed by atoms with E-state index in [4.69, 9.17) is 0 Å². The van der Waals surface area contributed by atoms with E-state index in [-0.39, 0.29) is 24.6 Å². The van der Waals surface area contributed by atoms with Crippen molar-refractivity contribution >= 4 is 11.8 Å². The third-order valence-corrected chi connectivity index (χ3v) is 4.42. The molecule has 0 aromatic carbocycles. The van der Waals surface area contributed by atoms with E-state index < -0.39 is 35.8 Å². The number of rotatable bonds is 1. The Morgan fingerprint density at radius 3 is 2.70 bits per heavy atom. The summed E-state index contributed by atoms with van der Waals surface area (Å²) in [5.74, 6) is -4.29. The summed E-state index contributed by atoms with van der Waals surface area (Å²) in [6, 6.07) is 0.963. The van der Waals surface area contributed by atoms with Gasteiger partial charge in [0.15, 0.2) is 0 Å². The highest BCUT2D eigenvalue weighted by atomic mass is 19.3. The number of likely N-dealkylation sites (tertiary alicyclic amines) is 2. The lowest BCUT2D eigenvalue weighted by Gasteiger charge is -2.42. The molecule has 7 nitrogen and oxygen atoms in total. The first-order valence-electron chi connectivity index (χ1n) is 7.20. The van der Waals surface area contributed by atoms with Crippen LogP contribution in [0.3, 0.4) is 0 Å². The van der Waals surface area contributed by atoms with Crippen molar-refractivity contribution in [3.63, 3.8) is 0 Å². The van der Waals surface area contributed by atoms with Gasteiger partial charge in [-0.3, -0.25) is 14.4 Å². The lowest BCUT2D eigenvalue weighted by molar-refractivity contribution is -0.150. The van der Waals surface area contributed by atoms with Crippen molar-refractivity contribution < 1.29 is 18.4 Å². The second-order valence-corrected chi connectivity index (χ2v) is 6.25. The molecule has 3 rings (SSSR count). The zero-order chi connectivity index (χ0) is 16.8. The van der Waals surface area contributed by atoms with Crippen molar-refractivity contribution in [3.8, 4) is 0 Å². The molecule has 2 saturated heterocycles. The minimum absolute atomic E-state index is 0.0843. The quantitative estimate of drug-likeness (QED) is 0.793. The number of nitrogens with one attached hydrogen (secondary N) is 1. The van der Waals surface area contributed by atoms with E-state index >= 15 is 0 Å². The number of hydrogen-bond acceptors (Lipinski definition) is 4. The zero-order valence-corrected chi connectivity index (χ0v) is 12.5. The van der Waals surface area contributed by atoms with Crippen LogP contribution in [-0.4, -0.2) is 64.2 Å². The number of aromatic nitrogens is 2. The molecule has 2 amide bonds. The van der Waals surface area contributed by atoms with E-state index in [9.17, 15) is 23.2 Å². The number of hydrogen-bond donors (Lipinski definition) is 1. The van der Waals surface area contributed by atoms with Crippen molar-refractivity contribution in [2.24, 2.45) is 5.41 Å². The Kier molecular flexibility index (Phi) is 3.46. The van der Waals surface area contributed by atoms with Crippen molar-refractivity contribution in [2.75, 3.05) is 26.7 Å². The fraction of sp³-hybridized carbons (Fsp3) is 0.571. The SMILES string of the molecule is CN1CC[C@]2(CN(C(=O)c3cc(=O)[nH]cn3)CC(F)(F)C2)C1=O. The normalized spacial score (nSPS) is 26.8.